The van der Waals surface area contributed by atoms with Crippen LogP contribution >= 0.6 is 0 Å². The van der Waals surface area contributed by atoms with Gasteiger partial charge in [0.2, 0.25) is 0 Å². The molecule has 11 heteroatoms. The zero-order chi connectivity index (χ0) is 31.9. The molecule has 3 aromatic heterocycles. The van der Waals surface area contributed by atoms with Crippen LogP contribution in [-0.2, 0) is 12.0 Å². The van der Waals surface area contributed by atoms with E-state index in [1.54, 1.807) is 31.2 Å². The highest BCUT2D eigenvalue weighted by atomic mass is 19.1. The Labute approximate surface area is 259 Å². The molecular weight excluding hydrogens is 573 g/mol. The number of aromatic nitrogens is 5. The highest BCUT2D eigenvalue weighted by Crippen LogP contribution is 2.32. The quantitative estimate of drug-likeness (QED) is 0.212. The lowest BCUT2D eigenvalue weighted by Gasteiger charge is -2.22. The van der Waals surface area contributed by atoms with Gasteiger partial charge in [-0.25, -0.2) is 14.5 Å². The molecule has 0 saturated carbocycles. The normalized spacial score (nSPS) is 14.2. The van der Waals surface area contributed by atoms with E-state index in [0.29, 0.717) is 39.5 Å². The van der Waals surface area contributed by atoms with Crippen molar-refractivity contribution in [2.24, 2.45) is 0 Å². The van der Waals surface area contributed by atoms with Crippen LogP contribution in [0.4, 0.5) is 15.9 Å². The molecule has 2 aromatic carbocycles. The first kappa shape index (κ1) is 30.3. The van der Waals surface area contributed by atoms with Gasteiger partial charge in [0.15, 0.2) is 0 Å². The Morgan fingerprint density at radius 2 is 1.87 bits per heavy atom. The molecule has 5 aromatic rings. The van der Waals surface area contributed by atoms with Crippen LogP contribution in [0, 0.1) is 12.7 Å². The molecule has 232 valence electrons. The smallest absolute Gasteiger partial charge is 0.288 e. The molecule has 0 bridgehead atoms. The molecule has 10 nitrogen and oxygen atoms in total. The van der Waals surface area contributed by atoms with E-state index in [0.717, 1.165) is 36.2 Å². The standard InChI is InChI=1S/C34H36FN7O3/c1-19-30(40-41-32(44)31(19)39-28-9-8-21(16-37-28)20-10-12-36-13-11-20)24-6-5-7-27(25(24)18-43)42-33(45)29-22(17-38-42)14-23(15-26(29)35)34(2,3)4/h5-9,14-17,20,36,43H,10-13,18H2,1-4H3,(H,41,44)(H,37,39,40). The summed E-state index contributed by atoms with van der Waals surface area (Å²) in [4.78, 5) is 31.1. The van der Waals surface area contributed by atoms with Crippen molar-refractivity contribution in [1.82, 2.24) is 30.3 Å². The third-order valence-electron chi connectivity index (χ3n) is 8.57. The maximum Gasteiger partial charge on any atom is 0.288 e. The number of nitrogens with zero attached hydrogens (tertiary/aromatic N) is 4. The van der Waals surface area contributed by atoms with E-state index in [4.69, 9.17) is 0 Å². The highest BCUT2D eigenvalue weighted by molar-refractivity contribution is 5.83. The van der Waals surface area contributed by atoms with E-state index in [2.05, 4.69) is 30.9 Å². The number of aliphatic hydroxyl groups is 1. The first-order valence-corrected chi connectivity index (χ1v) is 15.1. The van der Waals surface area contributed by atoms with E-state index in [1.807, 2.05) is 39.1 Å². The van der Waals surface area contributed by atoms with Crippen molar-refractivity contribution in [2.75, 3.05) is 18.4 Å². The Morgan fingerprint density at radius 1 is 1.09 bits per heavy atom. The molecule has 0 radical (unpaired) electrons. The predicted molar refractivity (Wildman–Crippen MR) is 173 cm³/mol. The van der Waals surface area contributed by atoms with E-state index in [-0.39, 0.29) is 22.2 Å². The molecule has 0 amide bonds. The second-order valence-corrected chi connectivity index (χ2v) is 12.5. The molecule has 0 unspecified atom stereocenters. The molecule has 4 heterocycles. The van der Waals surface area contributed by atoms with E-state index in [1.165, 1.54) is 17.8 Å². The number of aliphatic hydroxyl groups excluding tert-OH is 1. The lowest BCUT2D eigenvalue weighted by molar-refractivity contribution is 0.281. The van der Waals surface area contributed by atoms with Gasteiger partial charge in [0, 0.05) is 28.3 Å². The fourth-order valence-electron chi connectivity index (χ4n) is 5.95. The largest absolute Gasteiger partial charge is 0.392 e. The summed E-state index contributed by atoms with van der Waals surface area (Å²) >= 11 is 0. The SMILES string of the molecule is Cc1c(-c2cccc(-n3ncc4cc(C(C)(C)C)cc(F)c4c3=O)c2CO)n[nH]c(=O)c1Nc1ccc(C2CCNCC2)cn1. The number of H-pyrrole nitrogens is 1. The van der Waals surface area contributed by atoms with Gasteiger partial charge in [-0.15, -0.1) is 0 Å². The van der Waals surface area contributed by atoms with Crippen molar-refractivity contribution in [3.05, 3.63) is 104 Å². The van der Waals surface area contributed by atoms with Crippen molar-refractivity contribution >= 4 is 22.3 Å². The number of rotatable bonds is 6. The zero-order valence-electron chi connectivity index (χ0n) is 25.7. The number of nitrogens with one attached hydrogen (secondary N) is 3. The molecule has 45 heavy (non-hydrogen) atoms. The molecule has 6 rings (SSSR count). The second kappa shape index (κ2) is 12.0. The van der Waals surface area contributed by atoms with Gasteiger partial charge in [0.25, 0.3) is 11.1 Å². The van der Waals surface area contributed by atoms with Gasteiger partial charge in [0.1, 0.15) is 17.3 Å². The maximum atomic E-state index is 15.3. The summed E-state index contributed by atoms with van der Waals surface area (Å²) in [5.74, 6) is 0.335. The van der Waals surface area contributed by atoms with Crippen LogP contribution in [0.2, 0.25) is 0 Å². The minimum absolute atomic E-state index is 0.0872. The van der Waals surface area contributed by atoms with E-state index in [9.17, 15) is 14.7 Å². The number of piperidine rings is 1. The number of aromatic amines is 1. The van der Waals surface area contributed by atoms with Crippen LogP contribution in [0.3, 0.4) is 0 Å². The van der Waals surface area contributed by atoms with Gasteiger partial charge in [-0.3, -0.25) is 9.59 Å². The fraction of sp³-hybridized carbons (Fsp3) is 0.324. The molecule has 0 spiro atoms. The highest BCUT2D eigenvalue weighted by Gasteiger charge is 2.22. The molecule has 1 aliphatic rings. The van der Waals surface area contributed by atoms with Crippen LogP contribution < -0.4 is 21.8 Å². The van der Waals surface area contributed by atoms with Crippen molar-refractivity contribution in [3.8, 4) is 16.9 Å². The number of fused-ring (bicyclic) bond motifs is 1. The summed E-state index contributed by atoms with van der Waals surface area (Å²) in [5, 5.41) is 28.6. The first-order valence-electron chi connectivity index (χ1n) is 15.1. The van der Waals surface area contributed by atoms with Crippen LogP contribution in [0.15, 0.2) is 64.4 Å². The third kappa shape index (κ3) is 5.76. The average Bonchev–Trinajstić information content (AvgIpc) is 3.03. The molecular formula is C34H36FN7O3. The Bertz CT molecular complexity index is 2010. The number of hydrogen-bond donors (Lipinski definition) is 4. The number of halogens is 1. The summed E-state index contributed by atoms with van der Waals surface area (Å²) in [6.45, 7) is 9.16. The van der Waals surface area contributed by atoms with Crippen LogP contribution in [0.5, 0.6) is 0 Å². The van der Waals surface area contributed by atoms with Gasteiger partial charge >= 0.3 is 0 Å². The zero-order valence-corrected chi connectivity index (χ0v) is 25.7. The number of benzene rings is 2. The molecule has 1 aliphatic heterocycles. The van der Waals surface area contributed by atoms with E-state index >= 15 is 4.39 Å². The Hall–Kier alpha value is -4.74. The summed E-state index contributed by atoms with van der Waals surface area (Å²) < 4.78 is 16.4. The van der Waals surface area contributed by atoms with Gasteiger partial charge in [0.05, 0.1) is 29.6 Å². The Kier molecular flexibility index (Phi) is 8.07. The number of anilines is 2. The summed E-state index contributed by atoms with van der Waals surface area (Å²) in [5.41, 5.74) is 2.80. The minimum Gasteiger partial charge on any atom is -0.392 e. The third-order valence-corrected chi connectivity index (χ3v) is 8.57. The monoisotopic (exact) mass is 609 g/mol. The van der Waals surface area contributed by atoms with Gasteiger partial charge in [-0.1, -0.05) is 39.0 Å². The molecule has 0 aliphatic carbocycles. The Morgan fingerprint density at radius 3 is 2.56 bits per heavy atom. The van der Waals surface area contributed by atoms with Crippen molar-refractivity contribution in [3.63, 3.8) is 0 Å². The van der Waals surface area contributed by atoms with E-state index < -0.39 is 23.5 Å². The summed E-state index contributed by atoms with van der Waals surface area (Å²) in [7, 11) is 0. The summed E-state index contributed by atoms with van der Waals surface area (Å²) in [6.07, 6.45) is 5.42. The molecule has 1 fully saturated rings. The predicted octanol–water partition coefficient (Wildman–Crippen LogP) is 4.98. The molecule has 1 saturated heterocycles. The van der Waals surface area contributed by atoms with Crippen LogP contribution in [0.25, 0.3) is 27.7 Å². The number of hydrogen-bond acceptors (Lipinski definition) is 8. The molecule has 4 N–H and O–H groups in total. The van der Waals surface area contributed by atoms with Crippen molar-refractivity contribution < 1.29 is 9.50 Å². The summed E-state index contributed by atoms with van der Waals surface area (Å²) in [6, 6.07) is 12.1. The van der Waals surface area contributed by atoms with Gasteiger partial charge < -0.3 is 15.7 Å². The van der Waals surface area contributed by atoms with Gasteiger partial charge in [-0.05, 0) is 79.6 Å². The average molecular weight is 610 g/mol. The van der Waals surface area contributed by atoms with Gasteiger partial charge in [-0.2, -0.15) is 14.9 Å². The van der Waals surface area contributed by atoms with Crippen LogP contribution in [-0.4, -0.2) is 43.2 Å². The topological polar surface area (TPSA) is 138 Å². The van der Waals surface area contributed by atoms with Crippen LogP contribution in [0.1, 0.15) is 61.8 Å². The maximum absolute atomic E-state index is 15.3. The minimum atomic E-state index is -0.648. The second-order valence-electron chi connectivity index (χ2n) is 12.5. The Balaban J connectivity index is 1.39. The lowest BCUT2D eigenvalue weighted by Crippen LogP contribution is -2.26. The molecule has 0 atom stereocenters. The fourth-order valence-corrected chi connectivity index (χ4v) is 5.95. The van der Waals surface area contributed by atoms with Crippen molar-refractivity contribution in [2.45, 2.75) is 58.5 Å². The number of pyridine rings is 1. The van der Waals surface area contributed by atoms with Crippen molar-refractivity contribution in [1.29, 1.82) is 0 Å². The first-order chi connectivity index (χ1) is 21.6. The lowest BCUT2D eigenvalue weighted by atomic mass is 9.86.